The van der Waals surface area contributed by atoms with Crippen molar-refractivity contribution < 1.29 is 0 Å². The normalized spacial score (nSPS) is 23.8. The van der Waals surface area contributed by atoms with E-state index in [1.807, 2.05) is 12.1 Å². The van der Waals surface area contributed by atoms with Gasteiger partial charge in [-0.25, -0.2) is 0 Å². The molecule has 1 unspecified atom stereocenters. The minimum absolute atomic E-state index is 0.123. The molecule has 2 rings (SSSR count). The number of halogens is 2. The summed E-state index contributed by atoms with van der Waals surface area (Å²) < 4.78 is 1.07. The number of anilines is 1. The number of benzene rings is 1. The highest BCUT2D eigenvalue weighted by Crippen LogP contribution is 2.32. The van der Waals surface area contributed by atoms with E-state index in [1.54, 1.807) is 0 Å². The van der Waals surface area contributed by atoms with Crippen LogP contribution in [0, 0.1) is 0 Å². The van der Waals surface area contributed by atoms with Gasteiger partial charge >= 0.3 is 0 Å². The number of hydrogen-bond donors (Lipinski definition) is 1. The fraction of sp³-hybridized carbons (Fsp3) is 0.538. The second-order valence-corrected chi connectivity index (χ2v) is 6.66. The van der Waals surface area contributed by atoms with Gasteiger partial charge in [-0.2, -0.15) is 0 Å². The largest absolute Gasteiger partial charge is 0.364 e. The zero-order valence-electron chi connectivity index (χ0n) is 10.4. The summed E-state index contributed by atoms with van der Waals surface area (Å²) in [5.41, 5.74) is 1.24. The molecule has 0 aliphatic carbocycles. The zero-order chi connectivity index (χ0) is 12.6. The van der Waals surface area contributed by atoms with Crippen molar-refractivity contribution in [2.75, 3.05) is 18.0 Å². The maximum Gasteiger partial charge on any atom is 0.0640 e. The lowest BCUT2D eigenvalue weighted by Crippen LogP contribution is -2.61. The highest BCUT2D eigenvalue weighted by atomic mass is 79.9. The topological polar surface area (TPSA) is 15.3 Å². The van der Waals surface area contributed by atoms with E-state index in [1.165, 1.54) is 0 Å². The molecule has 17 heavy (non-hydrogen) atoms. The Bertz CT molecular complexity index is 420. The molecule has 0 radical (unpaired) electrons. The van der Waals surface area contributed by atoms with Crippen LogP contribution in [0.4, 0.5) is 5.69 Å². The second kappa shape index (κ2) is 4.79. The molecule has 1 aromatic rings. The van der Waals surface area contributed by atoms with Crippen molar-refractivity contribution in [1.82, 2.24) is 5.32 Å². The molecule has 0 saturated carbocycles. The van der Waals surface area contributed by atoms with Crippen LogP contribution in [0.1, 0.15) is 20.8 Å². The van der Waals surface area contributed by atoms with Crippen molar-refractivity contribution in [1.29, 1.82) is 0 Å². The molecule has 2 nitrogen and oxygen atoms in total. The average Bonchev–Trinajstić information content (AvgIpc) is 2.25. The van der Waals surface area contributed by atoms with E-state index in [0.717, 1.165) is 28.3 Å². The molecule has 1 aliphatic heterocycles. The number of nitrogens with zero attached hydrogens (tertiary/aromatic N) is 1. The Balaban J connectivity index is 2.34. The Morgan fingerprint density at radius 1 is 1.47 bits per heavy atom. The summed E-state index contributed by atoms with van der Waals surface area (Å²) in [6, 6.07) is 6.47. The molecule has 0 spiro atoms. The van der Waals surface area contributed by atoms with E-state index < -0.39 is 0 Å². The lowest BCUT2D eigenvalue weighted by molar-refractivity contribution is 0.318. The summed E-state index contributed by atoms with van der Waals surface area (Å²) >= 11 is 9.82. The van der Waals surface area contributed by atoms with E-state index in [2.05, 4.69) is 53.0 Å². The highest BCUT2D eigenvalue weighted by Gasteiger charge is 2.31. The molecule has 1 heterocycles. The van der Waals surface area contributed by atoms with Crippen LogP contribution in [0.15, 0.2) is 22.7 Å². The lowest BCUT2D eigenvalue weighted by Gasteiger charge is -2.45. The third-order valence-corrected chi connectivity index (χ3v) is 4.00. The summed E-state index contributed by atoms with van der Waals surface area (Å²) in [6.45, 7) is 8.61. The number of piperazine rings is 1. The Kier molecular flexibility index (Phi) is 3.71. The van der Waals surface area contributed by atoms with Gasteiger partial charge in [-0.15, -0.1) is 0 Å². The standard InChI is InChI=1S/C13H18BrClN2/c1-9-7-16-13(2,3)8-17(9)12-6-10(14)4-5-11(12)15/h4-6,9,16H,7-8H2,1-3H3. The van der Waals surface area contributed by atoms with Gasteiger partial charge in [0.05, 0.1) is 10.7 Å². The first-order chi connectivity index (χ1) is 7.89. The van der Waals surface area contributed by atoms with Crippen LogP contribution in [0.3, 0.4) is 0 Å². The van der Waals surface area contributed by atoms with Gasteiger partial charge in [0.15, 0.2) is 0 Å². The van der Waals surface area contributed by atoms with E-state index in [4.69, 9.17) is 11.6 Å². The number of rotatable bonds is 1. The van der Waals surface area contributed by atoms with Crippen molar-refractivity contribution >= 4 is 33.2 Å². The molecule has 1 atom stereocenters. The van der Waals surface area contributed by atoms with Gasteiger partial charge in [0.2, 0.25) is 0 Å². The average molecular weight is 318 g/mol. The van der Waals surface area contributed by atoms with E-state index in [9.17, 15) is 0 Å². The Morgan fingerprint density at radius 2 is 2.18 bits per heavy atom. The molecule has 1 fully saturated rings. The monoisotopic (exact) mass is 316 g/mol. The van der Waals surface area contributed by atoms with Crippen molar-refractivity contribution in [3.8, 4) is 0 Å². The predicted molar refractivity (Wildman–Crippen MR) is 78.0 cm³/mol. The molecule has 1 aromatic carbocycles. The van der Waals surface area contributed by atoms with Crippen molar-refractivity contribution in [3.05, 3.63) is 27.7 Å². The Labute approximate surface area is 116 Å². The second-order valence-electron chi connectivity index (χ2n) is 5.34. The first-order valence-electron chi connectivity index (χ1n) is 5.86. The molecular formula is C13H18BrClN2. The minimum Gasteiger partial charge on any atom is -0.364 e. The summed E-state index contributed by atoms with van der Waals surface area (Å²) in [5, 5.41) is 4.36. The fourth-order valence-corrected chi connectivity index (χ4v) is 2.78. The highest BCUT2D eigenvalue weighted by molar-refractivity contribution is 9.10. The molecule has 0 aromatic heterocycles. The summed E-state index contributed by atoms with van der Waals surface area (Å²) in [6.07, 6.45) is 0. The van der Waals surface area contributed by atoms with Crippen molar-refractivity contribution in [2.45, 2.75) is 32.4 Å². The third kappa shape index (κ3) is 2.95. The van der Waals surface area contributed by atoms with Gasteiger partial charge in [-0.05, 0) is 39.0 Å². The SMILES string of the molecule is CC1CNC(C)(C)CN1c1cc(Br)ccc1Cl. The molecule has 0 bridgehead atoms. The van der Waals surface area contributed by atoms with Crippen LogP contribution in [-0.2, 0) is 0 Å². The van der Waals surface area contributed by atoms with Crippen molar-refractivity contribution in [3.63, 3.8) is 0 Å². The van der Waals surface area contributed by atoms with Crippen molar-refractivity contribution in [2.24, 2.45) is 0 Å². The smallest absolute Gasteiger partial charge is 0.0640 e. The molecule has 1 aliphatic rings. The molecule has 4 heteroatoms. The minimum atomic E-state index is 0.123. The maximum absolute atomic E-state index is 6.31. The van der Waals surface area contributed by atoms with Crippen LogP contribution in [0.5, 0.6) is 0 Å². The van der Waals surface area contributed by atoms with Gasteiger partial charge in [0.1, 0.15) is 0 Å². The Morgan fingerprint density at radius 3 is 2.88 bits per heavy atom. The summed E-state index contributed by atoms with van der Waals surface area (Å²) in [7, 11) is 0. The fourth-order valence-electron chi connectivity index (χ4n) is 2.20. The van der Waals surface area contributed by atoms with Crippen LogP contribution in [0.25, 0.3) is 0 Å². The van der Waals surface area contributed by atoms with Gasteiger partial charge in [0, 0.05) is 29.1 Å². The predicted octanol–water partition coefficient (Wildman–Crippen LogP) is 3.68. The third-order valence-electron chi connectivity index (χ3n) is 3.19. The molecule has 0 amide bonds. The maximum atomic E-state index is 6.31. The first kappa shape index (κ1) is 13.2. The van der Waals surface area contributed by atoms with Crippen LogP contribution in [-0.4, -0.2) is 24.7 Å². The number of hydrogen-bond acceptors (Lipinski definition) is 2. The molecule has 94 valence electrons. The zero-order valence-corrected chi connectivity index (χ0v) is 12.8. The van der Waals surface area contributed by atoms with Gasteiger partial charge < -0.3 is 10.2 Å². The number of nitrogens with one attached hydrogen (secondary N) is 1. The van der Waals surface area contributed by atoms with Gasteiger partial charge in [-0.3, -0.25) is 0 Å². The first-order valence-corrected chi connectivity index (χ1v) is 7.03. The lowest BCUT2D eigenvalue weighted by atomic mass is 9.98. The van der Waals surface area contributed by atoms with E-state index in [0.29, 0.717) is 6.04 Å². The van der Waals surface area contributed by atoms with Crippen LogP contribution >= 0.6 is 27.5 Å². The molecule has 1 N–H and O–H groups in total. The van der Waals surface area contributed by atoms with Crippen LogP contribution in [0.2, 0.25) is 5.02 Å². The van der Waals surface area contributed by atoms with Gasteiger partial charge in [-0.1, -0.05) is 27.5 Å². The summed E-state index contributed by atoms with van der Waals surface area (Å²) in [5.74, 6) is 0. The van der Waals surface area contributed by atoms with E-state index >= 15 is 0 Å². The Hall–Kier alpha value is -0.250. The van der Waals surface area contributed by atoms with E-state index in [-0.39, 0.29) is 5.54 Å². The van der Waals surface area contributed by atoms with Crippen LogP contribution < -0.4 is 10.2 Å². The molecular weight excluding hydrogens is 300 g/mol. The summed E-state index contributed by atoms with van der Waals surface area (Å²) in [4.78, 5) is 2.38. The molecule has 1 saturated heterocycles. The van der Waals surface area contributed by atoms with Gasteiger partial charge in [0.25, 0.3) is 0 Å². The quantitative estimate of drug-likeness (QED) is 0.850.